The highest BCUT2D eigenvalue weighted by atomic mass is 16.6. The number of benzene rings is 2. The van der Waals surface area contributed by atoms with Crippen LogP contribution in [-0.4, -0.2) is 36.2 Å². The molecule has 2 heterocycles. The van der Waals surface area contributed by atoms with E-state index in [0.717, 1.165) is 17.7 Å². The molecule has 2 aliphatic heterocycles. The lowest BCUT2D eigenvalue weighted by Gasteiger charge is -2.36. The first-order chi connectivity index (χ1) is 12.7. The maximum Gasteiger partial charge on any atom is 0.267 e. The van der Waals surface area contributed by atoms with Crippen molar-refractivity contribution in [3.63, 3.8) is 0 Å². The van der Waals surface area contributed by atoms with Crippen molar-refractivity contribution in [2.75, 3.05) is 13.2 Å². The molecule has 2 atom stereocenters. The monoisotopic (exact) mass is 353 g/mol. The van der Waals surface area contributed by atoms with Gasteiger partial charge < -0.3 is 19.1 Å². The van der Waals surface area contributed by atoms with Gasteiger partial charge in [-0.3, -0.25) is 4.79 Å². The fraction of sp³-hybridized carbons (Fsp3) is 0.381. The van der Waals surface area contributed by atoms with Crippen LogP contribution in [0, 0.1) is 0 Å². The lowest BCUT2D eigenvalue weighted by atomic mass is 9.98. The number of carbonyl (C=O) groups is 1. The molecule has 0 saturated heterocycles. The number of fused-ring (bicyclic) bond motifs is 2. The van der Waals surface area contributed by atoms with E-state index in [1.807, 2.05) is 55.1 Å². The van der Waals surface area contributed by atoms with Crippen LogP contribution in [0.25, 0.3) is 0 Å². The van der Waals surface area contributed by atoms with E-state index in [0.29, 0.717) is 31.2 Å². The summed E-state index contributed by atoms with van der Waals surface area (Å²) in [5.41, 5.74) is 2.41. The molecule has 0 spiro atoms. The molecule has 26 heavy (non-hydrogen) atoms. The van der Waals surface area contributed by atoms with Crippen LogP contribution >= 0.6 is 0 Å². The predicted octanol–water partition coefficient (Wildman–Crippen LogP) is 3.20. The maximum atomic E-state index is 13.1. The van der Waals surface area contributed by atoms with Crippen LogP contribution in [0.2, 0.25) is 0 Å². The first-order valence-electron chi connectivity index (χ1n) is 9.11. The number of nitrogens with zero attached hydrogens (tertiary/aromatic N) is 1. The van der Waals surface area contributed by atoms with Gasteiger partial charge in [0.15, 0.2) is 11.5 Å². The molecule has 0 bridgehead atoms. The van der Waals surface area contributed by atoms with Gasteiger partial charge in [-0.05, 0) is 55.7 Å². The minimum absolute atomic E-state index is 0.0283. The quantitative estimate of drug-likeness (QED) is 0.850. The van der Waals surface area contributed by atoms with Gasteiger partial charge in [-0.15, -0.1) is 0 Å². The summed E-state index contributed by atoms with van der Waals surface area (Å²) in [7, 11) is 0. The molecule has 0 saturated carbocycles. The number of amides is 1. The number of hydrogen-bond acceptors (Lipinski definition) is 4. The van der Waals surface area contributed by atoms with Crippen molar-refractivity contribution < 1.29 is 19.0 Å². The molecule has 2 unspecified atom stereocenters. The normalized spacial score (nSPS) is 21.1. The van der Waals surface area contributed by atoms with Crippen LogP contribution in [0.4, 0.5) is 0 Å². The highest BCUT2D eigenvalue weighted by Gasteiger charge is 2.37. The largest absolute Gasteiger partial charge is 0.494 e. The summed E-state index contributed by atoms with van der Waals surface area (Å²) in [5, 5.41) is 0. The Labute approximate surface area is 153 Å². The van der Waals surface area contributed by atoms with E-state index in [2.05, 4.69) is 6.07 Å². The number of para-hydroxylation sites is 2. The third kappa shape index (κ3) is 3.09. The smallest absolute Gasteiger partial charge is 0.267 e. The van der Waals surface area contributed by atoms with Crippen LogP contribution in [0.15, 0.2) is 42.5 Å². The molecule has 2 aliphatic rings. The van der Waals surface area contributed by atoms with Crippen molar-refractivity contribution in [1.29, 1.82) is 0 Å². The molecule has 0 fully saturated rings. The second kappa shape index (κ2) is 6.90. The number of hydrogen-bond donors (Lipinski definition) is 0. The molecular weight excluding hydrogens is 330 g/mol. The molecule has 0 aliphatic carbocycles. The fourth-order valence-corrected chi connectivity index (χ4v) is 3.55. The molecule has 1 amide bonds. The summed E-state index contributed by atoms with van der Waals surface area (Å²) < 4.78 is 17.4. The van der Waals surface area contributed by atoms with Gasteiger partial charge in [0.25, 0.3) is 5.91 Å². The zero-order chi connectivity index (χ0) is 18.1. The zero-order valence-electron chi connectivity index (χ0n) is 15.1. The van der Waals surface area contributed by atoms with Gasteiger partial charge in [0.2, 0.25) is 6.10 Å². The number of ether oxygens (including phenoxy) is 3. The Hall–Kier alpha value is -2.69. The van der Waals surface area contributed by atoms with Crippen LogP contribution in [0.1, 0.15) is 25.0 Å². The summed E-state index contributed by atoms with van der Waals surface area (Å²) in [6.07, 6.45) is -0.110. The van der Waals surface area contributed by atoms with Gasteiger partial charge in [-0.2, -0.15) is 0 Å². The van der Waals surface area contributed by atoms with Gasteiger partial charge in [0, 0.05) is 13.1 Å². The predicted molar refractivity (Wildman–Crippen MR) is 97.7 cm³/mol. The third-order valence-corrected chi connectivity index (χ3v) is 4.90. The van der Waals surface area contributed by atoms with Crippen molar-refractivity contribution in [3.05, 3.63) is 53.6 Å². The first-order valence-corrected chi connectivity index (χ1v) is 9.11. The van der Waals surface area contributed by atoms with Crippen LogP contribution in [-0.2, 0) is 17.8 Å². The second-order valence-corrected chi connectivity index (χ2v) is 6.68. The van der Waals surface area contributed by atoms with E-state index >= 15 is 0 Å². The van der Waals surface area contributed by atoms with Gasteiger partial charge in [0.1, 0.15) is 11.9 Å². The number of carbonyl (C=O) groups excluding carboxylic acids is 1. The Morgan fingerprint density at radius 1 is 1.15 bits per heavy atom. The molecule has 5 heteroatoms. The lowest BCUT2D eigenvalue weighted by Crippen LogP contribution is -2.51. The minimum Gasteiger partial charge on any atom is -0.494 e. The van der Waals surface area contributed by atoms with E-state index < -0.39 is 6.10 Å². The average Bonchev–Trinajstić information content (AvgIpc) is 2.66. The third-order valence-electron chi connectivity index (χ3n) is 4.90. The van der Waals surface area contributed by atoms with Crippen molar-refractivity contribution in [1.82, 2.24) is 4.90 Å². The summed E-state index contributed by atoms with van der Waals surface area (Å²) >= 11 is 0. The van der Waals surface area contributed by atoms with E-state index in [1.54, 1.807) is 0 Å². The topological polar surface area (TPSA) is 48.0 Å². The van der Waals surface area contributed by atoms with Gasteiger partial charge in [-0.1, -0.05) is 18.2 Å². The highest BCUT2D eigenvalue weighted by Crippen LogP contribution is 2.34. The van der Waals surface area contributed by atoms with E-state index in [1.165, 1.54) is 5.56 Å². The SMILES string of the molecule is CCOc1ccc2c(c1)CN(C(=O)C1Oc3ccccc3OC1C)CC2. The van der Waals surface area contributed by atoms with Crippen LogP contribution < -0.4 is 14.2 Å². The molecule has 136 valence electrons. The minimum atomic E-state index is -0.624. The maximum absolute atomic E-state index is 13.1. The highest BCUT2D eigenvalue weighted by molar-refractivity contribution is 5.82. The molecular formula is C21H23NO4. The first kappa shape index (κ1) is 16.8. The lowest BCUT2D eigenvalue weighted by molar-refractivity contribution is -0.145. The Morgan fingerprint density at radius 2 is 1.92 bits per heavy atom. The Morgan fingerprint density at radius 3 is 2.69 bits per heavy atom. The molecule has 5 nitrogen and oxygen atoms in total. The van der Waals surface area contributed by atoms with Crippen molar-refractivity contribution in [2.24, 2.45) is 0 Å². The van der Waals surface area contributed by atoms with Crippen molar-refractivity contribution in [2.45, 2.75) is 39.0 Å². The van der Waals surface area contributed by atoms with E-state index in [4.69, 9.17) is 14.2 Å². The van der Waals surface area contributed by atoms with Gasteiger partial charge in [-0.25, -0.2) is 0 Å². The summed E-state index contributed by atoms with van der Waals surface area (Å²) in [5.74, 6) is 2.13. The molecule has 2 aromatic rings. The van der Waals surface area contributed by atoms with Crippen molar-refractivity contribution >= 4 is 5.91 Å². The number of rotatable bonds is 3. The van der Waals surface area contributed by atoms with Crippen LogP contribution in [0.5, 0.6) is 17.2 Å². The summed E-state index contributed by atoms with van der Waals surface area (Å²) in [6, 6.07) is 13.6. The molecule has 0 aromatic heterocycles. The zero-order valence-corrected chi connectivity index (χ0v) is 15.1. The molecule has 4 rings (SSSR count). The Balaban J connectivity index is 1.52. The second-order valence-electron chi connectivity index (χ2n) is 6.68. The Bertz CT molecular complexity index is 819. The molecule has 2 aromatic carbocycles. The van der Waals surface area contributed by atoms with Gasteiger partial charge in [0.05, 0.1) is 6.61 Å². The van der Waals surface area contributed by atoms with E-state index in [9.17, 15) is 4.79 Å². The van der Waals surface area contributed by atoms with Crippen LogP contribution in [0.3, 0.4) is 0 Å². The standard InChI is InChI=1S/C21H23NO4/c1-3-24-17-9-8-15-10-11-22(13-16(15)12-17)21(23)20-14(2)25-18-6-4-5-7-19(18)26-20/h4-9,12,14,20H,3,10-11,13H2,1-2H3. The summed E-state index contributed by atoms with van der Waals surface area (Å²) in [4.78, 5) is 14.9. The van der Waals surface area contributed by atoms with E-state index in [-0.39, 0.29) is 12.0 Å². The fourth-order valence-electron chi connectivity index (χ4n) is 3.55. The average molecular weight is 353 g/mol. The Kier molecular flexibility index (Phi) is 4.45. The molecule has 0 radical (unpaired) electrons. The van der Waals surface area contributed by atoms with Crippen molar-refractivity contribution in [3.8, 4) is 17.2 Å². The molecule has 0 N–H and O–H groups in total. The summed E-state index contributed by atoms with van der Waals surface area (Å²) in [6.45, 7) is 5.74. The van der Waals surface area contributed by atoms with Gasteiger partial charge >= 0.3 is 0 Å².